The van der Waals surface area contributed by atoms with Crippen molar-refractivity contribution < 1.29 is 9.59 Å². The van der Waals surface area contributed by atoms with Crippen LogP contribution in [0, 0.1) is 12.8 Å². The summed E-state index contributed by atoms with van der Waals surface area (Å²) in [4.78, 5) is 30.7. The normalized spacial score (nSPS) is 14.3. The quantitative estimate of drug-likeness (QED) is 0.393. The second-order valence-electron chi connectivity index (χ2n) is 10.1. The highest BCUT2D eigenvalue weighted by atomic mass is 16.2. The molecule has 5 nitrogen and oxygen atoms in total. The Morgan fingerprint density at radius 3 is 2.33 bits per heavy atom. The monoisotopic (exact) mass is 483 g/mol. The van der Waals surface area contributed by atoms with E-state index in [0.717, 1.165) is 53.7 Å². The third-order valence-corrected chi connectivity index (χ3v) is 7.17. The second-order valence-corrected chi connectivity index (χ2v) is 10.1. The highest BCUT2D eigenvalue weighted by molar-refractivity contribution is 5.95. The van der Waals surface area contributed by atoms with Crippen LogP contribution in [0.2, 0.25) is 0 Å². The molecule has 0 saturated heterocycles. The Morgan fingerprint density at radius 1 is 0.944 bits per heavy atom. The molecular weight excluding hydrogens is 446 g/mol. The SMILES string of the molecule is Cc1cccc(C(=O)N(Cc2cc(NC(=O)C3CCCC3)ccc2N(C)C)C(C)c2ccccc2)c1. The van der Waals surface area contributed by atoms with Gasteiger partial charge < -0.3 is 15.1 Å². The van der Waals surface area contributed by atoms with Crippen molar-refractivity contribution in [2.45, 2.75) is 52.1 Å². The van der Waals surface area contributed by atoms with Crippen molar-refractivity contribution >= 4 is 23.2 Å². The van der Waals surface area contributed by atoms with Gasteiger partial charge >= 0.3 is 0 Å². The fourth-order valence-corrected chi connectivity index (χ4v) is 5.08. The van der Waals surface area contributed by atoms with Crippen molar-refractivity contribution in [1.29, 1.82) is 0 Å². The third-order valence-electron chi connectivity index (χ3n) is 7.17. The van der Waals surface area contributed by atoms with Crippen LogP contribution < -0.4 is 10.2 Å². The number of amides is 2. The summed E-state index contributed by atoms with van der Waals surface area (Å²) in [5, 5.41) is 3.13. The number of nitrogens with zero attached hydrogens (tertiary/aromatic N) is 2. The lowest BCUT2D eigenvalue weighted by atomic mass is 10.0. The summed E-state index contributed by atoms with van der Waals surface area (Å²) >= 11 is 0. The zero-order chi connectivity index (χ0) is 25.7. The van der Waals surface area contributed by atoms with E-state index in [2.05, 4.69) is 29.3 Å². The zero-order valence-corrected chi connectivity index (χ0v) is 21.8. The Kier molecular flexibility index (Phi) is 8.09. The predicted octanol–water partition coefficient (Wildman–Crippen LogP) is 6.59. The fourth-order valence-electron chi connectivity index (χ4n) is 5.08. The summed E-state index contributed by atoms with van der Waals surface area (Å²) in [5.74, 6) is 0.182. The standard InChI is InChI=1S/C31H37N3O2/c1-22-11-10-16-26(19-22)31(36)34(23(2)24-12-6-5-7-13-24)21-27-20-28(17-18-29(27)33(3)4)32-30(35)25-14-8-9-15-25/h5-7,10-13,16-20,23,25H,8-9,14-15,21H2,1-4H3,(H,32,35). The first-order valence-corrected chi connectivity index (χ1v) is 12.9. The molecule has 0 aliphatic heterocycles. The van der Waals surface area contributed by atoms with Gasteiger partial charge in [-0.15, -0.1) is 0 Å². The molecule has 1 fully saturated rings. The number of hydrogen-bond acceptors (Lipinski definition) is 3. The molecular formula is C31H37N3O2. The lowest BCUT2D eigenvalue weighted by Gasteiger charge is -2.32. The molecule has 1 aliphatic rings. The van der Waals surface area contributed by atoms with Crippen LogP contribution in [0.15, 0.2) is 72.8 Å². The van der Waals surface area contributed by atoms with E-state index in [4.69, 9.17) is 0 Å². The van der Waals surface area contributed by atoms with E-state index >= 15 is 0 Å². The fraction of sp³-hybridized carbons (Fsp3) is 0.355. The summed E-state index contributed by atoms with van der Waals surface area (Å²) in [6.45, 7) is 4.50. The van der Waals surface area contributed by atoms with Crippen LogP contribution in [-0.4, -0.2) is 30.8 Å². The summed E-state index contributed by atoms with van der Waals surface area (Å²) in [6.07, 6.45) is 4.16. The Balaban J connectivity index is 1.68. The van der Waals surface area contributed by atoms with Crippen molar-refractivity contribution in [2.75, 3.05) is 24.3 Å². The molecule has 0 bridgehead atoms. The van der Waals surface area contributed by atoms with Crippen LogP contribution in [0.4, 0.5) is 11.4 Å². The first-order valence-electron chi connectivity index (χ1n) is 12.9. The molecule has 0 aromatic heterocycles. The van der Waals surface area contributed by atoms with Gasteiger partial charge in [0.25, 0.3) is 5.91 Å². The molecule has 1 saturated carbocycles. The average Bonchev–Trinajstić information content (AvgIpc) is 3.42. The first kappa shape index (κ1) is 25.5. The van der Waals surface area contributed by atoms with E-state index in [-0.39, 0.29) is 23.8 Å². The molecule has 5 heteroatoms. The number of carbonyl (C=O) groups excluding carboxylic acids is 2. The first-order chi connectivity index (χ1) is 17.3. The molecule has 3 aromatic rings. The summed E-state index contributed by atoms with van der Waals surface area (Å²) in [7, 11) is 4.01. The number of anilines is 2. The molecule has 36 heavy (non-hydrogen) atoms. The lowest BCUT2D eigenvalue weighted by molar-refractivity contribution is -0.119. The highest BCUT2D eigenvalue weighted by Gasteiger charge is 2.26. The summed E-state index contributed by atoms with van der Waals surface area (Å²) in [5.41, 5.74) is 5.61. The minimum Gasteiger partial charge on any atom is -0.377 e. The summed E-state index contributed by atoms with van der Waals surface area (Å²) in [6, 6.07) is 23.8. The minimum absolute atomic E-state index is 0.0137. The molecule has 2 amide bonds. The molecule has 0 spiro atoms. The van der Waals surface area contributed by atoms with Crippen molar-refractivity contribution in [2.24, 2.45) is 5.92 Å². The molecule has 1 atom stereocenters. The number of benzene rings is 3. The third kappa shape index (κ3) is 5.96. The maximum absolute atomic E-state index is 13.9. The van der Waals surface area contributed by atoms with Gasteiger partial charge in [0, 0.05) is 43.5 Å². The number of carbonyl (C=O) groups is 2. The molecule has 3 aromatic carbocycles. The van der Waals surface area contributed by atoms with Gasteiger partial charge in [0.2, 0.25) is 5.91 Å². The number of aryl methyl sites for hydroxylation is 1. The van der Waals surface area contributed by atoms with E-state index in [9.17, 15) is 9.59 Å². The van der Waals surface area contributed by atoms with Crippen LogP contribution in [0.3, 0.4) is 0 Å². The van der Waals surface area contributed by atoms with Crippen LogP contribution in [0.5, 0.6) is 0 Å². The van der Waals surface area contributed by atoms with Crippen molar-refractivity contribution in [3.8, 4) is 0 Å². The molecule has 0 radical (unpaired) electrons. The zero-order valence-electron chi connectivity index (χ0n) is 21.8. The summed E-state index contributed by atoms with van der Waals surface area (Å²) < 4.78 is 0. The maximum atomic E-state index is 13.9. The molecule has 4 rings (SSSR count). The van der Waals surface area contributed by atoms with Crippen LogP contribution >= 0.6 is 0 Å². The second kappa shape index (κ2) is 11.4. The molecule has 1 aliphatic carbocycles. The largest absolute Gasteiger partial charge is 0.377 e. The van der Waals surface area contributed by atoms with Gasteiger partial charge in [0.15, 0.2) is 0 Å². The number of hydrogen-bond donors (Lipinski definition) is 1. The lowest BCUT2D eigenvalue weighted by Crippen LogP contribution is -2.34. The van der Waals surface area contributed by atoms with Gasteiger partial charge in [-0.1, -0.05) is 60.9 Å². The average molecular weight is 484 g/mol. The molecule has 1 N–H and O–H groups in total. The topological polar surface area (TPSA) is 52.7 Å². The number of rotatable bonds is 8. The molecule has 188 valence electrons. The van der Waals surface area contributed by atoms with E-state index in [0.29, 0.717) is 12.1 Å². The molecule has 1 unspecified atom stereocenters. The Hall–Kier alpha value is -3.60. The van der Waals surface area contributed by atoms with Gasteiger partial charge in [-0.3, -0.25) is 9.59 Å². The van der Waals surface area contributed by atoms with Gasteiger partial charge in [-0.25, -0.2) is 0 Å². The van der Waals surface area contributed by atoms with Crippen LogP contribution in [0.25, 0.3) is 0 Å². The van der Waals surface area contributed by atoms with E-state index in [1.165, 1.54) is 0 Å². The van der Waals surface area contributed by atoms with Gasteiger partial charge in [-0.2, -0.15) is 0 Å². The minimum atomic E-state index is -0.133. The van der Waals surface area contributed by atoms with Crippen molar-refractivity contribution in [3.05, 3.63) is 95.1 Å². The van der Waals surface area contributed by atoms with Crippen molar-refractivity contribution in [3.63, 3.8) is 0 Å². The smallest absolute Gasteiger partial charge is 0.254 e. The van der Waals surface area contributed by atoms with Crippen molar-refractivity contribution in [1.82, 2.24) is 4.90 Å². The van der Waals surface area contributed by atoms with E-state index < -0.39 is 0 Å². The van der Waals surface area contributed by atoms with Gasteiger partial charge in [0.1, 0.15) is 0 Å². The number of nitrogens with one attached hydrogen (secondary N) is 1. The Morgan fingerprint density at radius 2 is 1.67 bits per heavy atom. The van der Waals surface area contributed by atoms with Crippen LogP contribution in [-0.2, 0) is 11.3 Å². The van der Waals surface area contributed by atoms with Gasteiger partial charge in [-0.05, 0) is 68.1 Å². The van der Waals surface area contributed by atoms with Crippen LogP contribution in [0.1, 0.15) is 65.7 Å². The van der Waals surface area contributed by atoms with Gasteiger partial charge in [0.05, 0.1) is 6.04 Å². The Bertz CT molecular complexity index is 1200. The maximum Gasteiger partial charge on any atom is 0.254 e. The molecule has 0 heterocycles. The predicted molar refractivity (Wildman–Crippen MR) is 147 cm³/mol. The van der Waals surface area contributed by atoms with E-state index in [1.807, 2.05) is 86.6 Å². The Labute approximate surface area is 215 Å². The van der Waals surface area contributed by atoms with E-state index in [1.54, 1.807) is 0 Å². The highest BCUT2D eigenvalue weighted by Crippen LogP contribution is 2.31.